The third-order valence-electron chi connectivity index (χ3n) is 1.44. The Labute approximate surface area is 87.1 Å². The minimum Gasteiger partial charge on any atom is -0.507 e. The van der Waals surface area contributed by atoms with Gasteiger partial charge in [0.15, 0.2) is 6.29 Å². The summed E-state index contributed by atoms with van der Waals surface area (Å²) in [5, 5.41) is 9.22. The van der Waals surface area contributed by atoms with Gasteiger partial charge in [-0.3, -0.25) is 14.1 Å². The second-order valence-corrected chi connectivity index (χ2v) is 3.47. The topological polar surface area (TPSA) is 86.6 Å². The molecule has 5 nitrogen and oxygen atoms in total. The fourth-order valence-corrected chi connectivity index (χ4v) is 1.46. The van der Waals surface area contributed by atoms with Gasteiger partial charge in [0, 0.05) is 6.07 Å². The van der Waals surface area contributed by atoms with E-state index >= 15 is 0 Å². The average Bonchev–Trinajstić information content (AvgIpc) is 2.09. The molecule has 0 aliphatic heterocycles. The van der Waals surface area contributed by atoms with Crippen molar-refractivity contribution < 1.29 is 18.7 Å². The van der Waals surface area contributed by atoms with Gasteiger partial charge in [0.05, 0.1) is 16.3 Å². The van der Waals surface area contributed by atoms with Gasteiger partial charge in [0.1, 0.15) is 5.75 Å². The SMILES string of the molecule is O=Cc1cc(NS(=O)O)c(Cl)cc1O. The molecular formula is C7H6ClNO4S. The van der Waals surface area contributed by atoms with E-state index in [0.29, 0.717) is 6.29 Å². The van der Waals surface area contributed by atoms with Gasteiger partial charge in [-0.15, -0.1) is 0 Å². The van der Waals surface area contributed by atoms with Gasteiger partial charge in [-0.1, -0.05) is 11.6 Å². The number of carbonyl (C=O) groups is 1. The zero-order valence-corrected chi connectivity index (χ0v) is 8.30. The molecule has 76 valence electrons. The Balaban J connectivity index is 3.16. The van der Waals surface area contributed by atoms with E-state index in [1.165, 1.54) is 6.07 Å². The Bertz CT molecular complexity index is 396. The molecule has 1 unspecified atom stereocenters. The summed E-state index contributed by atoms with van der Waals surface area (Å²) in [4.78, 5) is 10.4. The van der Waals surface area contributed by atoms with Crippen LogP contribution < -0.4 is 4.72 Å². The molecule has 0 spiro atoms. The fraction of sp³-hybridized carbons (Fsp3) is 0. The van der Waals surface area contributed by atoms with Crippen LogP contribution in [0.3, 0.4) is 0 Å². The molecule has 14 heavy (non-hydrogen) atoms. The molecule has 1 aromatic rings. The highest BCUT2D eigenvalue weighted by atomic mass is 35.5. The van der Waals surface area contributed by atoms with Gasteiger partial charge in [0.25, 0.3) is 11.3 Å². The molecular weight excluding hydrogens is 230 g/mol. The normalized spacial score (nSPS) is 12.1. The van der Waals surface area contributed by atoms with E-state index in [2.05, 4.69) is 4.72 Å². The second-order valence-electron chi connectivity index (χ2n) is 2.36. The van der Waals surface area contributed by atoms with Crippen molar-refractivity contribution in [2.75, 3.05) is 4.72 Å². The zero-order chi connectivity index (χ0) is 10.7. The van der Waals surface area contributed by atoms with E-state index in [0.717, 1.165) is 6.07 Å². The second kappa shape index (κ2) is 4.41. The van der Waals surface area contributed by atoms with Crippen LogP contribution in [-0.2, 0) is 11.3 Å². The predicted molar refractivity (Wildman–Crippen MR) is 52.9 cm³/mol. The maximum absolute atomic E-state index is 10.4. The van der Waals surface area contributed by atoms with Gasteiger partial charge >= 0.3 is 0 Å². The molecule has 1 atom stereocenters. The van der Waals surface area contributed by atoms with Crippen molar-refractivity contribution >= 4 is 34.8 Å². The van der Waals surface area contributed by atoms with Crippen LogP contribution in [0.4, 0.5) is 5.69 Å². The standard InChI is InChI=1S/C7H6ClNO4S/c8-5-2-7(11)4(3-10)1-6(5)9-14(12)13/h1-3,9,11H,(H,12,13). The average molecular weight is 236 g/mol. The lowest BCUT2D eigenvalue weighted by molar-refractivity contribution is 0.112. The summed E-state index contributed by atoms with van der Waals surface area (Å²) in [5.74, 6) is -0.278. The Morgan fingerprint density at radius 1 is 1.50 bits per heavy atom. The third kappa shape index (κ3) is 2.44. The van der Waals surface area contributed by atoms with Crippen LogP contribution in [0.5, 0.6) is 5.75 Å². The molecule has 0 aliphatic carbocycles. The van der Waals surface area contributed by atoms with Gasteiger partial charge in [-0.05, 0) is 6.07 Å². The van der Waals surface area contributed by atoms with Crippen molar-refractivity contribution in [2.45, 2.75) is 0 Å². The number of hydrogen-bond donors (Lipinski definition) is 3. The third-order valence-corrected chi connectivity index (χ3v) is 2.15. The van der Waals surface area contributed by atoms with Crippen molar-refractivity contribution in [3.8, 4) is 5.75 Å². The number of benzene rings is 1. The van der Waals surface area contributed by atoms with Crippen LogP contribution in [0.25, 0.3) is 0 Å². The van der Waals surface area contributed by atoms with Gasteiger partial charge in [0.2, 0.25) is 0 Å². The van der Waals surface area contributed by atoms with E-state index in [-0.39, 0.29) is 22.0 Å². The molecule has 3 N–H and O–H groups in total. The number of anilines is 1. The van der Waals surface area contributed by atoms with Crippen LogP contribution in [0.2, 0.25) is 5.02 Å². The number of carbonyl (C=O) groups excluding carboxylic acids is 1. The van der Waals surface area contributed by atoms with Crippen LogP contribution in [0.15, 0.2) is 12.1 Å². The van der Waals surface area contributed by atoms with Crippen LogP contribution >= 0.6 is 11.6 Å². The number of phenolic OH excluding ortho intramolecular Hbond substituents is 1. The summed E-state index contributed by atoms with van der Waals surface area (Å²) >= 11 is 3.34. The van der Waals surface area contributed by atoms with Crippen molar-refractivity contribution in [2.24, 2.45) is 0 Å². The molecule has 0 saturated carbocycles. The highest BCUT2D eigenvalue weighted by molar-refractivity contribution is 7.80. The molecule has 0 heterocycles. The van der Waals surface area contributed by atoms with Crippen molar-refractivity contribution in [1.82, 2.24) is 0 Å². The first kappa shape index (κ1) is 11.0. The monoisotopic (exact) mass is 235 g/mol. The number of phenols is 1. The molecule has 0 amide bonds. The first-order chi connectivity index (χ1) is 6.54. The summed E-state index contributed by atoms with van der Waals surface area (Å²) in [6.07, 6.45) is 0.414. The van der Waals surface area contributed by atoms with E-state index in [1.54, 1.807) is 0 Å². The zero-order valence-electron chi connectivity index (χ0n) is 6.73. The summed E-state index contributed by atoms with van der Waals surface area (Å²) in [6, 6.07) is 2.29. The quantitative estimate of drug-likeness (QED) is 0.420. The Morgan fingerprint density at radius 2 is 2.14 bits per heavy atom. The molecule has 0 aromatic heterocycles. The summed E-state index contributed by atoms with van der Waals surface area (Å²) in [5.41, 5.74) is 0.0924. The number of aromatic hydroxyl groups is 1. The van der Waals surface area contributed by atoms with Crippen molar-refractivity contribution in [1.29, 1.82) is 0 Å². The lowest BCUT2D eigenvalue weighted by Gasteiger charge is -2.05. The maximum Gasteiger partial charge on any atom is 0.259 e. The lowest BCUT2D eigenvalue weighted by Crippen LogP contribution is -2.02. The minimum atomic E-state index is -2.28. The molecule has 0 saturated heterocycles. The van der Waals surface area contributed by atoms with Gasteiger partial charge in [-0.2, -0.15) is 0 Å². The van der Waals surface area contributed by atoms with Crippen molar-refractivity contribution in [3.63, 3.8) is 0 Å². The summed E-state index contributed by atoms with van der Waals surface area (Å²) in [7, 11) is 0. The number of aldehydes is 1. The Morgan fingerprint density at radius 3 is 2.64 bits per heavy atom. The van der Waals surface area contributed by atoms with E-state index in [4.69, 9.17) is 21.3 Å². The first-order valence-corrected chi connectivity index (χ1v) is 4.88. The number of halogens is 1. The van der Waals surface area contributed by atoms with Crippen LogP contribution in [-0.4, -0.2) is 20.2 Å². The summed E-state index contributed by atoms with van der Waals surface area (Å²) in [6.45, 7) is 0. The Hall–Kier alpha value is -1.11. The molecule has 7 heteroatoms. The van der Waals surface area contributed by atoms with E-state index < -0.39 is 11.3 Å². The molecule has 1 rings (SSSR count). The highest BCUT2D eigenvalue weighted by Gasteiger charge is 2.08. The van der Waals surface area contributed by atoms with Crippen LogP contribution in [0, 0.1) is 0 Å². The first-order valence-electron chi connectivity index (χ1n) is 3.40. The molecule has 0 fully saturated rings. The number of nitrogens with one attached hydrogen (secondary N) is 1. The Kier molecular flexibility index (Phi) is 3.45. The van der Waals surface area contributed by atoms with E-state index in [1.807, 2.05) is 0 Å². The molecule has 0 bridgehead atoms. The lowest BCUT2D eigenvalue weighted by atomic mass is 10.2. The maximum atomic E-state index is 10.4. The highest BCUT2D eigenvalue weighted by Crippen LogP contribution is 2.29. The van der Waals surface area contributed by atoms with Crippen molar-refractivity contribution in [3.05, 3.63) is 22.7 Å². The number of rotatable bonds is 3. The molecule has 0 aliphatic rings. The molecule has 0 radical (unpaired) electrons. The largest absolute Gasteiger partial charge is 0.507 e. The smallest absolute Gasteiger partial charge is 0.259 e. The van der Waals surface area contributed by atoms with Gasteiger partial charge < -0.3 is 5.11 Å². The summed E-state index contributed by atoms with van der Waals surface area (Å²) < 4.78 is 21.0. The minimum absolute atomic E-state index is 0.0117. The fourth-order valence-electron chi connectivity index (χ4n) is 0.846. The van der Waals surface area contributed by atoms with Gasteiger partial charge in [-0.25, -0.2) is 4.21 Å². The van der Waals surface area contributed by atoms with E-state index in [9.17, 15) is 9.00 Å². The number of hydrogen-bond acceptors (Lipinski definition) is 3. The predicted octanol–water partition coefficient (Wildman–Crippen LogP) is 1.41. The molecule has 1 aromatic carbocycles. The van der Waals surface area contributed by atoms with Crippen LogP contribution in [0.1, 0.15) is 10.4 Å².